The van der Waals surface area contributed by atoms with Gasteiger partial charge in [0.2, 0.25) is 0 Å². The zero-order valence-corrected chi connectivity index (χ0v) is 10.00. The molecule has 1 aromatic heterocycles. The summed E-state index contributed by atoms with van der Waals surface area (Å²) in [7, 11) is 0. The number of hydrogen-bond donors (Lipinski definition) is 1. The van der Waals surface area contributed by atoms with Crippen molar-refractivity contribution in [1.82, 2.24) is 4.98 Å². The average molecular weight is 260 g/mol. The Kier molecular flexibility index (Phi) is 3.33. The summed E-state index contributed by atoms with van der Waals surface area (Å²) >= 11 is 0. The predicted octanol–water partition coefficient (Wildman–Crippen LogP) is 2.67. The van der Waals surface area contributed by atoms with E-state index in [1.165, 1.54) is 6.20 Å². The van der Waals surface area contributed by atoms with Crippen molar-refractivity contribution in [2.24, 2.45) is 5.73 Å². The molecular formula is C12H15F3N2O. The van der Waals surface area contributed by atoms with E-state index in [1.54, 1.807) is 6.92 Å². The largest absolute Gasteiger partial charge is 0.416 e. The summed E-state index contributed by atoms with van der Waals surface area (Å²) in [5.74, 6) is 0. The summed E-state index contributed by atoms with van der Waals surface area (Å²) in [6.07, 6.45) is -0.658. The summed E-state index contributed by atoms with van der Waals surface area (Å²) in [6, 6.07) is 0.123. The third-order valence-electron chi connectivity index (χ3n) is 3.40. The first-order valence-corrected chi connectivity index (χ1v) is 5.75. The molecule has 1 aliphatic heterocycles. The Hall–Kier alpha value is -1.14. The van der Waals surface area contributed by atoms with Crippen LogP contribution < -0.4 is 5.73 Å². The minimum atomic E-state index is -4.43. The zero-order chi connectivity index (χ0) is 13.4. The van der Waals surface area contributed by atoms with Crippen LogP contribution in [-0.2, 0) is 10.9 Å². The lowest BCUT2D eigenvalue weighted by Gasteiger charge is -2.31. The minimum absolute atomic E-state index is 0.00519. The highest BCUT2D eigenvalue weighted by Gasteiger charge is 2.42. The van der Waals surface area contributed by atoms with Gasteiger partial charge in [0, 0.05) is 24.6 Å². The first-order valence-electron chi connectivity index (χ1n) is 5.75. The SMILES string of the molecule is CC1(C(N)c2cnccc2C(F)(F)F)CCCO1. The molecule has 0 amide bonds. The highest BCUT2D eigenvalue weighted by molar-refractivity contribution is 5.31. The molecular weight excluding hydrogens is 245 g/mol. The highest BCUT2D eigenvalue weighted by atomic mass is 19.4. The van der Waals surface area contributed by atoms with Crippen molar-refractivity contribution in [2.45, 2.75) is 37.6 Å². The van der Waals surface area contributed by atoms with E-state index in [0.29, 0.717) is 13.0 Å². The number of hydrogen-bond acceptors (Lipinski definition) is 3. The molecule has 100 valence electrons. The van der Waals surface area contributed by atoms with Crippen LogP contribution in [0.25, 0.3) is 0 Å². The smallest absolute Gasteiger partial charge is 0.373 e. The van der Waals surface area contributed by atoms with Gasteiger partial charge in [-0.05, 0) is 25.8 Å². The molecule has 2 atom stereocenters. The maximum atomic E-state index is 12.9. The van der Waals surface area contributed by atoms with E-state index in [2.05, 4.69) is 4.98 Å². The molecule has 0 aromatic carbocycles. The second-order valence-electron chi connectivity index (χ2n) is 4.70. The first-order chi connectivity index (χ1) is 8.34. The van der Waals surface area contributed by atoms with Crippen LogP contribution in [0, 0.1) is 0 Å². The lowest BCUT2D eigenvalue weighted by Crippen LogP contribution is -2.38. The Morgan fingerprint density at radius 2 is 2.22 bits per heavy atom. The summed E-state index contributed by atoms with van der Waals surface area (Å²) in [4.78, 5) is 3.75. The topological polar surface area (TPSA) is 48.1 Å². The Bertz CT molecular complexity index is 428. The molecule has 18 heavy (non-hydrogen) atoms. The molecule has 0 radical (unpaired) electrons. The van der Waals surface area contributed by atoms with E-state index >= 15 is 0 Å². The lowest BCUT2D eigenvalue weighted by molar-refractivity contribution is -0.139. The van der Waals surface area contributed by atoms with Crippen LogP contribution in [0.1, 0.15) is 36.9 Å². The number of aromatic nitrogens is 1. The standard InChI is InChI=1S/C12H15F3N2O/c1-11(4-2-6-18-11)10(16)8-7-17-5-3-9(8)12(13,14)15/h3,5,7,10H,2,4,6,16H2,1H3. The second-order valence-corrected chi connectivity index (χ2v) is 4.70. The molecule has 0 saturated carbocycles. The number of alkyl halides is 3. The van der Waals surface area contributed by atoms with Crippen molar-refractivity contribution in [3.8, 4) is 0 Å². The van der Waals surface area contributed by atoms with Gasteiger partial charge in [-0.15, -0.1) is 0 Å². The monoisotopic (exact) mass is 260 g/mol. The molecule has 1 aromatic rings. The summed E-state index contributed by atoms with van der Waals surface area (Å²) < 4.78 is 44.2. The van der Waals surface area contributed by atoms with Crippen molar-refractivity contribution in [2.75, 3.05) is 6.61 Å². The summed E-state index contributed by atoms with van der Waals surface area (Å²) in [5, 5.41) is 0. The molecule has 2 unspecified atom stereocenters. The predicted molar refractivity (Wildman–Crippen MR) is 59.8 cm³/mol. The molecule has 3 nitrogen and oxygen atoms in total. The summed E-state index contributed by atoms with van der Waals surface area (Å²) in [5.41, 5.74) is 4.48. The molecule has 0 bridgehead atoms. The van der Waals surface area contributed by atoms with Crippen LogP contribution in [0.4, 0.5) is 13.2 Å². The number of ether oxygens (including phenoxy) is 1. The number of pyridine rings is 1. The van der Waals surface area contributed by atoms with E-state index in [-0.39, 0.29) is 5.56 Å². The molecule has 1 saturated heterocycles. The third kappa shape index (κ3) is 2.35. The van der Waals surface area contributed by atoms with E-state index in [4.69, 9.17) is 10.5 Å². The Morgan fingerprint density at radius 3 is 2.78 bits per heavy atom. The van der Waals surface area contributed by atoms with Crippen molar-refractivity contribution < 1.29 is 17.9 Å². The fraction of sp³-hybridized carbons (Fsp3) is 0.583. The molecule has 6 heteroatoms. The first kappa shape index (κ1) is 13.3. The fourth-order valence-corrected chi connectivity index (χ4v) is 2.29. The zero-order valence-electron chi connectivity index (χ0n) is 10.00. The molecule has 1 fully saturated rings. The van der Waals surface area contributed by atoms with Gasteiger partial charge in [-0.25, -0.2) is 0 Å². The summed E-state index contributed by atoms with van der Waals surface area (Å²) in [6.45, 7) is 2.28. The van der Waals surface area contributed by atoms with Gasteiger partial charge >= 0.3 is 6.18 Å². The number of rotatable bonds is 2. The average Bonchev–Trinajstić information content (AvgIpc) is 2.75. The van der Waals surface area contributed by atoms with Crippen molar-refractivity contribution in [3.63, 3.8) is 0 Å². The maximum Gasteiger partial charge on any atom is 0.416 e. The molecule has 2 rings (SSSR count). The Balaban J connectivity index is 2.39. The second kappa shape index (κ2) is 4.51. The molecule has 0 aliphatic carbocycles. The Labute approximate surface area is 103 Å². The van der Waals surface area contributed by atoms with E-state index in [0.717, 1.165) is 18.7 Å². The number of halogens is 3. The minimum Gasteiger partial charge on any atom is -0.373 e. The van der Waals surface area contributed by atoms with Crippen molar-refractivity contribution in [1.29, 1.82) is 0 Å². The van der Waals surface area contributed by atoms with Gasteiger partial charge in [-0.1, -0.05) is 0 Å². The van der Waals surface area contributed by atoms with Gasteiger partial charge in [-0.3, -0.25) is 4.98 Å². The molecule has 0 spiro atoms. The van der Waals surface area contributed by atoms with Crippen molar-refractivity contribution >= 4 is 0 Å². The Morgan fingerprint density at radius 1 is 1.50 bits per heavy atom. The molecule has 2 N–H and O–H groups in total. The van der Waals surface area contributed by atoms with Gasteiger partial charge in [0.1, 0.15) is 0 Å². The van der Waals surface area contributed by atoms with Gasteiger partial charge < -0.3 is 10.5 Å². The van der Waals surface area contributed by atoms with E-state index < -0.39 is 23.4 Å². The maximum absolute atomic E-state index is 12.9. The normalized spacial score (nSPS) is 26.3. The lowest BCUT2D eigenvalue weighted by atomic mass is 9.87. The van der Waals surface area contributed by atoms with Crippen LogP contribution in [0.5, 0.6) is 0 Å². The van der Waals surface area contributed by atoms with Crippen LogP contribution in [0.15, 0.2) is 18.5 Å². The fourth-order valence-electron chi connectivity index (χ4n) is 2.29. The molecule has 2 heterocycles. The van der Waals surface area contributed by atoms with Crippen LogP contribution in [0.3, 0.4) is 0 Å². The van der Waals surface area contributed by atoms with Gasteiger partial charge in [0.15, 0.2) is 0 Å². The number of nitrogens with two attached hydrogens (primary N) is 1. The molecule has 1 aliphatic rings. The van der Waals surface area contributed by atoms with Crippen LogP contribution in [0.2, 0.25) is 0 Å². The van der Waals surface area contributed by atoms with Crippen LogP contribution >= 0.6 is 0 Å². The highest BCUT2D eigenvalue weighted by Crippen LogP contribution is 2.40. The van der Waals surface area contributed by atoms with Crippen LogP contribution in [-0.4, -0.2) is 17.2 Å². The van der Waals surface area contributed by atoms with Crippen molar-refractivity contribution in [3.05, 3.63) is 29.6 Å². The number of nitrogens with zero attached hydrogens (tertiary/aromatic N) is 1. The quantitative estimate of drug-likeness (QED) is 0.889. The van der Waals surface area contributed by atoms with Gasteiger partial charge in [0.25, 0.3) is 0 Å². The van der Waals surface area contributed by atoms with Gasteiger partial charge in [0.05, 0.1) is 17.2 Å². The van der Waals surface area contributed by atoms with E-state index in [1.807, 2.05) is 0 Å². The van der Waals surface area contributed by atoms with E-state index in [9.17, 15) is 13.2 Å². The van der Waals surface area contributed by atoms with Gasteiger partial charge in [-0.2, -0.15) is 13.2 Å². The third-order valence-corrected chi connectivity index (χ3v) is 3.40.